The number of hydrazine groups is 1. The monoisotopic (exact) mass is 198 g/mol. The predicted octanol–water partition coefficient (Wildman–Crippen LogP) is -0.360. The van der Waals surface area contributed by atoms with E-state index in [0.717, 1.165) is 26.1 Å². The molecule has 0 radical (unpaired) electrons. The number of hydrogen-bond donors (Lipinski definition) is 2. The van der Waals surface area contributed by atoms with Gasteiger partial charge in [0.05, 0.1) is 0 Å². The van der Waals surface area contributed by atoms with E-state index in [9.17, 15) is 0 Å². The third kappa shape index (κ3) is 3.06. The van der Waals surface area contributed by atoms with E-state index in [2.05, 4.69) is 35.9 Å². The minimum Gasteiger partial charge on any atom is -0.304 e. The van der Waals surface area contributed by atoms with E-state index in [0.29, 0.717) is 6.04 Å². The fraction of sp³-hybridized carbons (Fsp3) is 0.800. The predicted molar refractivity (Wildman–Crippen MR) is 59.8 cm³/mol. The highest BCUT2D eigenvalue weighted by molar-refractivity contribution is 4.90. The highest BCUT2D eigenvalue weighted by Gasteiger charge is 2.23. The summed E-state index contributed by atoms with van der Waals surface area (Å²) in [6.45, 7) is 7.17. The van der Waals surface area contributed by atoms with E-state index in [1.54, 1.807) is 0 Å². The minimum absolute atomic E-state index is 0.217. The van der Waals surface area contributed by atoms with Crippen molar-refractivity contribution in [2.45, 2.75) is 18.5 Å². The van der Waals surface area contributed by atoms with Crippen LogP contribution in [0.2, 0.25) is 0 Å². The first kappa shape index (κ1) is 11.7. The Morgan fingerprint density at radius 3 is 2.86 bits per heavy atom. The zero-order valence-corrected chi connectivity index (χ0v) is 9.24. The second-order valence-corrected chi connectivity index (χ2v) is 4.14. The van der Waals surface area contributed by atoms with Crippen LogP contribution in [0.5, 0.6) is 0 Å². The Kier molecular flexibility index (Phi) is 4.54. The van der Waals surface area contributed by atoms with Gasteiger partial charge >= 0.3 is 0 Å². The molecular formula is C10H22N4. The van der Waals surface area contributed by atoms with E-state index in [1.807, 2.05) is 6.08 Å². The highest BCUT2D eigenvalue weighted by atomic mass is 15.3. The van der Waals surface area contributed by atoms with Crippen molar-refractivity contribution in [3.8, 4) is 0 Å². The standard InChI is InChI=1S/C10H22N4/c1-4-9(12-11)7-10-8-13(2)5-6-14(10)3/h4,9-10,12H,1,5-8,11H2,2-3H3. The zero-order valence-electron chi connectivity index (χ0n) is 9.24. The lowest BCUT2D eigenvalue weighted by atomic mass is 10.0. The Hall–Kier alpha value is -0.420. The van der Waals surface area contributed by atoms with E-state index in [1.165, 1.54) is 0 Å². The van der Waals surface area contributed by atoms with E-state index in [-0.39, 0.29) is 6.04 Å². The third-order valence-electron chi connectivity index (χ3n) is 3.00. The van der Waals surface area contributed by atoms with Gasteiger partial charge in [-0.25, -0.2) is 0 Å². The van der Waals surface area contributed by atoms with Crippen molar-refractivity contribution < 1.29 is 0 Å². The normalized spacial score (nSPS) is 27.5. The van der Waals surface area contributed by atoms with Gasteiger partial charge in [0.15, 0.2) is 0 Å². The number of piperazine rings is 1. The molecule has 1 rings (SSSR count). The summed E-state index contributed by atoms with van der Waals surface area (Å²) in [5, 5.41) is 0. The fourth-order valence-electron chi connectivity index (χ4n) is 1.88. The lowest BCUT2D eigenvalue weighted by Gasteiger charge is -2.38. The number of likely N-dealkylation sites (N-methyl/N-ethyl adjacent to an activating group) is 2. The Bertz CT molecular complexity index is 183. The molecule has 1 saturated heterocycles. The molecule has 4 heteroatoms. The van der Waals surface area contributed by atoms with E-state index in [4.69, 9.17) is 5.84 Å². The molecule has 4 nitrogen and oxygen atoms in total. The van der Waals surface area contributed by atoms with Crippen molar-refractivity contribution in [3.05, 3.63) is 12.7 Å². The molecule has 0 amide bonds. The van der Waals surface area contributed by atoms with Crippen LogP contribution in [0.15, 0.2) is 12.7 Å². The minimum atomic E-state index is 0.217. The van der Waals surface area contributed by atoms with Crippen LogP contribution in [0.1, 0.15) is 6.42 Å². The summed E-state index contributed by atoms with van der Waals surface area (Å²) in [4.78, 5) is 4.76. The molecule has 2 unspecified atom stereocenters. The van der Waals surface area contributed by atoms with Gasteiger partial charge in [0.1, 0.15) is 0 Å². The van der Waals surface area contributed by atoms with Gasteiger partial charge in [0.2, 0.25) is 0 Å². The van der Waals surface area contributed by atoms with Crippen molar-refractivity contribution in [3.63, 3.8) is 0 Å². The molecule has 0 aromatic carbocycles. The van der Waals surface area contributed by atoms with E-state index >= 15 is 0 Å². The Balaban J connectivity index is 2.44. The van der Waals surface area contributed by atoms with Gasteiger partial charge in [-0.05, 0) is 20.5 Å². The largest absolute Gasteiger partial charge is 0.304 e. The molecule has 1 aliphatic rings. The quantitative estimate of drug-likeness (QED) is 0.368. The van der Waals surface area contributed by atoms with Crippen LogP contribution in [0.25, 0.3) is 0 Å². The Morgan fingerprint density at radius 2 is 2.29 bits per heavy atom. The van der Waals surface area contributed by atoms with Gasteiger partial charge in [-0.2, -0.15) is 0 Å². The summed E-state index contributed by atoms with van der Waals surface area (Å²) in [7, 11) is 4.34. The third-order valence-corrected chi connectivity index (χ3v) is 3.00. The molecule has 1 heterocycles. The molecule has 82 valence electrons. The first-order chi connectivity index (χ1) is 6.67. The number of nitrogens with two attached hydrogens (primary N) is 1. The van der Waals surface area contributed by atoms with Crippen LogP contribution in [0.4, 0.5) is 0 Å². The topological polar surface area (TPSA) is 44.5 Å². The second-order valence-electron chi connectivity index (χ2n) is 4.14. The van der Waals surface area contributed by atoms with Crippen LogP contribution in [0.3, 0.4) is 0 Å². The molecule has 1 fully saturated rings. The number of nitrogens with one attached hydrogen (secondary N) is 1. The maximum atomic E-state index is 5.43. The Labute approximate surface area is 86.7 Å². The molecule has 0 spiro atoms. The SMILES string of the molecule is C=CC(CC1CN(C)CCN1C)NN. The van der Waals surface area contributed by atoms with E-state index < -0.39 is 0 Å². The highest BCUT2D eigenvalue weighted by Crippen LogP contribution is 2.11. The zero-order chi connectivity index (χ0) is 10.6. The van der Waals surface area contributed by atoms with Crippen molar-refractivity contribution in [2.24, 2.45) is 5.84 Å². The van der Waals surface area contributed by atoms with Crippen molar-refractivity contribution >= 4 is 0 Å². The van der Waals surface area contributed by atoms with Crippen molar-refractivity contribution in [2.75, 3.05) is 33.7 Å². The van der Waals surface area contributed by atoms with Gasteiger partial charge in [0, 0.05) is 31.7 Å². The van der Waals surface area contributed by atoms with Crippen LogP contribution in [0, 0.1) is 0 Å². The molecule has 0 aromatic rings. The first-order valence-corrected chi connectivity index (χ1v) is 5.14. The average molecular weight is 198 g/mol. The van der Waals surface area contributed by atoms with Gasteiger partial charge in [-0.1, -0.05) is 6.08 Å². The van der Waals surface area contributed by atoms with Crippen LogP contribution in [-0.4, -0.2) is 55.6 Å². The van der Waals surface area contributed by atoms with Crippen molar-refractivity contribution in [1.82, 2.24) is 15.2 Å². The van der Waals surface area contributed by atoms with Gasteiger partial charge in [-0.15, -0.1) is 6.58 Å². The molecular weight excluding hydrogens is 176 g/mol. The summed E-state index contributed by atoms with van der Waals surface area (Å²) in [6.07, 6.45) is 2.91. The lowest BCUT2D eigenvalue weighted by molar-refractivity contribution is 0.104. The van der Waals surface area contributed by atoms with Crippen LogP contribution in [-0.2, 0) is 0 Å². The van der Waals surface area contributed by atoms with Crippen LogP contribution >= 0.6 is 0 Å². The van der Waals surface area contributed by atoms with Gasteiger partial charge in [-0.3, -0.25) is 11.3 Å². The molecule has 1 aliphatic heterocycles. The molecule has 2 atom stereocenters. The summed E-state index contributed by atoms with van der Waals surface area (Å²) in [6, 6.07) is 0.793. The molecule has 14 heavy (non-hydrogen) atoms. The summed E-state index contributed by atoms with van der Waals surface area (Å²) < 4.78 is 0. The molecule has 3 N–H and O–H groups in total. The smallest absolute Gasteiger partial charge is 0.0403 e. The van der Waals surface area contributed by atoms with Gasteiger partial charge < -0.3 is 9.80 Å². The number of rotatable bonds is 4. The maximum absolute atomic E-state index is 5.43. The van der Waals surface area contributed by atoms with Crippen molar-refractivity contribution in [1.29, 1.82) is 0 Å². The summed E-state index contributed by atoms with van der Waals surface area (Å²) in [5.74, 6) is 5.43. The second kappa shape index (κ2) is 5.46. The number of nitrogens with zero attached hydrogens (tertiary/aromatic N) is 2. The van der Waals surface area contributed by atoms with Gasteiger partial charge in [0.25, 0.3) is 0 Å². The first-order valence-electron chi connectivity index (χ1n) is 5.14. The molecule has 0 aromatic heterocycles. The summed E-state index contributed by atoms with van der Waals surface area (Å²) in [5.41, 5.74) is 2.77. The lowest BCUT2D eigenvalue weighted by Crippen LogP contribution is -2.52. The average Bonchev–Trinajstić information content (AvgIpc) is 2.19. The summed E-state index contributed by atoms with van der Waals surface area (Å²) >= 11 is 0. The van der Waals surface area contributed by atoms with Crippen LogP contribution < -0.4 is 11.3 Å². The molecule has 0 saturated carbocycles. The Morgan fingerprint density at radius 1 is 1.57 bits per heavy atom. The maximum Gasteiger partial charge on any atom is 0.0403 e. The number of hydrogen-bond acceptors (Lipinski definition) is 4. The molecule has 0 aliphatic carbocycles. The fourth-order valence-corrected chi connectivity index (χ4v) is 1.88. The molecule has 0 bridgehead atoms.